The van der Waals surface area contributed by atoms with E-state index >= 15 is 0 Å². The molecule has 0 aliphatic carbocycles. The minimum atomic E-state index is -0.249. The van der Waals surface area contributed by atoms with Gasteiger partial charge in [-0.05, 0) is 61.3 Å². The van der Waals surface area contributed by atoms with Crippen molar-refractivity contribution in [2.45, 2.75) is 25.4 Å². The number of hydrogen-bond acceptors (Lipinski definition) is 7. The second-order valence-corrected chi connectivity index (χ2v) is 7.65. The maximum atomic E-state index is 12.4. The van der Waals surface area contributed by atoms with E-state index in [0.29, 0.717) is 23.3 Å². The largest absolute Gasteiger partial charge is 0.497 e. The molecule has 1 aliphatic rings. The summed E-state index contributed by atoms with van der Waals surface area (Å²) in [6, 6.07) is 11.7. The molecule has 3 heterocycles. The first-order valence-corrected chi connectivity index (χ1v) is 9.96. The van der Waals surface area contributed by atoms with Gasteiger partial charge in [0.2, 0.25) is 5.01 Å². The van der Waals surface area contributed by atoms with Crippen molar-refractivity contribution in [2.75, 3.05) is 19.0 Å². The lowest BCUT2D eigenvalue weighted by atomic mass is 10.1. The van der Waals surface area contributed by atoms with E-state index in [0.717, 1.165) is 30.1 Å². The zero-order valence-corrected chi connectivity index (χ0v) is 16.4. The molecule has 144 valence electrons. The number of hydrogen-bond donors (Lipinski definition) is 1. The van der Waals surface area contributed by atoms with Gasteiger partial charge in [0, 0.05) is 24.1 Å². The summed E-state index contributed by atoms with van der Waals surface area (Å²) in [6.45, 7) is 1.71. The van der Waals surface area contributed by atoms with Gasteiger partial charge in [0.1, 0.15) is 10.8 Å². The van der Waals surface area contributed by atoms with E-state index in [2.05, 4.69) is 37.5 Å². The molecule has 1 saturated heterocycles. The van der Waals surface area contributed by atoms with Crippen LogP contribution < -0.4 is 10.1 Å². The molecule has 2 aromatic heterocycles. The van der Waals surface area contributed by atoms with E-state index in [-0.39, 0.29) is 5.91 Å². The van der Waals surface area contributed by atoms with Gasteiger partial charge in [-0.1, -0.05) is 11.3 Å². The average Bonchev–Trinajstić information content (AvgIpc) is 3.39. The van der Waals surface area contributed by atoms with Crippen LogP contribution in [0.5, 0.6) is 5.75 Å². The Bertz CT molecular complexity index is 929. The van der Waals surface area contributed by atoms with E-state index in [1.165, 1.54) is 16.9 Å². The van der Waals surface area contributed by atoms with Gasteiger partial charge in [-0.2, -0.15) is 0 Å². The molecule has 1 atom stereocenters. The fourth-order valence-electron chi connectivity index (χ4n) is 3.42. The van der Waals surface area contributed by atoms with Gasteiger partial charge in [-0.3, -0.25) is 14.7 Å². The molecular formula is C20H21N5O2S. The molecule has 1 N–H and O–H groups in total. The number of carbonyl (C=O) groups excluding carboxylic acids is 1. The number of likely N-dealkylation sites (tertiary alicyclic amines) is 1. The van der Waals surface area contributed by atoms with Crippen LogP contribution in [0.2, 0.25) is 0 Å². The first-order valence-electron chi connectivity index (χ1n) is 9.14. The van der Waals surface area contributed by atoms with Gasteiger partial charge >= 0.3 is 0 Å². The highest BCUT2D eigenvalue weighted by Crippen LogP contribution is 2.33. The number of aromatic nitrogens is 3. The van der Waals surface area contributed by atoms with Crippen molar-refractivity contribution in [1.29, 1.82) is 0 Å². The summed E-state index contributed by atoms with van der Waals surface area (Å²) in [4.78, 5) is 18.9. The van der Waals surface area contributed by atoms with Gasteiger partial charge in [-0.25, -0.2) is 0 Å². The smallest absolute Gasteiger partial charge is 0.286 e. The molecule has 4 rings (SSSR count). The highest BCUT2D eigenvalue weighted by molar-refractivity contribution is 7.13. The summed E-state index contributed by atoms with van der Waals surface area (Å²) in [5.41, 5.74) is 1.97. The van der Waals surface area contributed by atoms with E-state index in [1.54, 1.807) is 31.4 Å². The van der Waals surface area contributed by atoms with Gasteiger partial charge < -0.3 is 10.1 Å². The molecule has 0 bridgehead atoms. The van der Waals surface area contributed by atoms with Crippen molar-refractivity contribution >= 4 is 22.9 Å². The minimum Gasteiger partial charge on any atom is -0.497 e. The number of rotatable bonds is 6. The summed E-state index contributed by atoms with van der Waals surface area (Å²) in [7, 11) is 1.61. The van der Waals surface area contributed by atoms with Crippen molar-refractivity contribution in [3.63, 3.8) is 0 Å². The first-order chi connectivity index (χ1) is 13.7. The predicted octanol–water partition coefficient (Wildman–Crippen LogP) is 3.53. The Balaban J connectivity index is 1.40. The molecule has 0 radical (unpaired) electrons. The Morgan fingerprint density at radius 3 is 2.75 bits per heavy atom. The molecular weight excluding hydrogens is 374 g/mol. The first kappa shape index (κ1) is 18.5. The van der Waals surface area contributed by atoms with Crippen molar-refractivity contribution in [1.82, 2.24) is 20.1 Å². The molecule has 1 aliphatic heterocycles. The van der Waals surface area contributed by atoms with E-state index in [1.807, 2.05) is 12.4 Å². The Kier molecular flexibility index (Phi) is 5.59. The lowest BCUT2D eigenvalue weighted by molar-refractivity contribution is 0.102. The number of methoxy groups -OCH3 is 1. The van der Waals surface area contributed by atoms with E-state index in [9.17, 15) is 4.79 Å². The van der Waals surface area contributed by atoms with Crippen LogP contribution >= 0.6 is 11.3 Å². The Morgan fingerprint density at radius 2 is 2.00 bits per heavy atom. The highest BCUT2D eigenvalue weighted by atomic mass is 32.1. The van der Waals surface area contributed by atoms with Crippen molar-refractivity contribution in [2.24, 2.45) is 0 Å². The van der Waals surface area contributed by atoms with Crippen LogP contribution in [0.3, 0.4) is 0 Å². The molecule has 7 nitrogen and oxygen atoms in total. The number of ether oxygens (including phenoxy) is 1. The summed E-state index contributed by atoms with van der Waals surface area (Å²) >= 11 is 1.34. The highest BCUT2D eigenvalue weighted by Gasteiger charge is 2.27. The van der Waals surface area contributed by atoms with Gasteiger partial charge in [0.15, 0.2) is 0 Å². The third-order valence-corrected chi connectivity index (χ3v) is 5.71. The van der Waals surface area contributed by atoms with Crippen molar-refractivity contribution < 1.29 is 9.53 Å². The number of anilines is 1. The van der Waals surface area contributed by atoms with Crippen LogP contribution in [-0.4, -0.2) is 39.6 Å². The topological polar surface area (TPSA) is 80.2 Å². The number of benzene rings is 1. The number of nitrogens with one attached hydrogen (secondary N) is 1. The Labute approximate surface area is 167 Å². The van der Waals surface area contributed by atoms with E-state index < -0.39 is 0 Å². The lowest BCUT2D eigenvalue weighted by Crippen LogP contribution is -2.22. The minimum absolute atomic E-state index is 0.249. The van der Waals surface area contributed by atoms with Crippen LogP contribution in [0.4, 0.5) is 5.69 Å². The quantitative estimate of drug-likeness (QED) is 0.688. The monoisotopic (exact) mass is 395 g/mol. The molecule has 0 spiro atoms. The van der Waals surface area contributed by atoms with E-state index in [4.69, 9.17) is 4.74 Å². The van der Waals surface area contributed by atoms with Crippen LogP contribution in [0.1, 0.15) is 39.3 Å². The van der Waals surface area contributed by atoms with Crippen LogP contribution in [-0.2, 0) is 6.54 Å². The second kappa shape index (κ2) is 8.45. The zero-order chi connectivity index (χ0) is 19.3. The number of nitrogens with zero attached hydrogens (tertiary/aromatic N) is 4. The van der Waals surface area contributed by atoms with Gasteiger partial charge in [0.25, 0.3) is 5.91 Å². The normalized spacial score (nSPS) is 16.8. The molecule has 1 fully saturated rings. The third kappa shape index (κ3) is 4.18. The zero-order valence-electron chi connectivity index (χ0n) is 15.5. The molecule has 8 heteroatoms. The van der Waals surface area contributed by atoms with Crippen molar-refractivity contribution in [3.05, 3.63) is 64.4 Å². The Morgan fingerprint density at radius 1 is 1.21 bits per heavy atom. The van der Waals surface area contributed by atoms with Gasteiger partial charge in [0.05, 0.1) is 13.7 Å². The average molecular weight is 395 g/mol. The molecule has 1 aromatic carbocycles. The lowest BCUT2D eigenvalue weighted by Gasteiger charge is -2.23. The maximum absolute atomic E-state index is 12.4. The molecule has 3 aromatic rings. The van der Waals surface area contributed by atoms with Crippen LogP contribution in [0.15, 0.2) is 48.8 Å². The molecule has 28 heavy (non-hydrogen) atoms. The summed E-state index contributed by atoms with van der Waals surface area (Å²) in [5.74, 6) is 0.492. The third-order valence-electron chi connectivity index (χ3n) is 4.80. The Hall–Kier alpha value is -2.84. The van der Waals surface area contributed by atoms with Crippen LogP contribution in [0.25, 0.3) is 0 Å². The molecule has 0 saturated carbocycles. The fraction of sp³-hybridized carbons (Fsp3) is 0.300. The number of amides is 1. The standard InChI is InChI=1S/C20H21N5O2S/c1-27-16-6-4-15(5-7-16)22-19(26)20-24-23-18(28-20)13-25-12-2-3-17(25)14-8-10-21-11-9-14/h4-11,17H,2-3,12-13H2,1H3,(H,22,26). The number of pyridine rings is 1. The maximum Gasteiger partial charge on any atom is 0.286 e. The summed E-state index contributed by atoms with van der Waals surface area (Å²) in [6.07, 6.45) is 5.93. The summed E-state index contributed by atoms with van der Waals surface area (Å²) < 4.78 is 5.12. The second-order valence-electron chi connectivity index (χ2n) is 6.59. The van der Waals surface area contributed by atoms with Crippen LogP contribution in [0, 0.1) is 0 Å². The fourth-order valence-corrected chi connectivity index (χ4v) is 4.18. The molecule has 1 unspecified atom stereocenters. The SMILES string of the molecule is COc1ccc(NC(=O)c2nnc(CN3CCCC3c3ccncc3)s2)cc1. The van der Waals surface area contributed by atoms with Gasteiger partial charge in [-0.15, -0.1) is 10.2 Å². The summed E-state index contributed by atoms with van der Waals surface area (Å²) in [5, 5.41) is 12.4. The predicted molar refractivity (Wildman–Crippen MR) is 107 cm³/mol. The molecule has 1 amide bonds. The van der Waals surface area contributed by atoms with Crippen molar-refractivity contribution in [3.8, 4) is 5.75 Å². The number of carbonyl (C=O) groups is 1.